The van der Waals surface area contributed by atoms with Crippen molar-refractivity contribution in [3.63, 3.8) is 0 Å². The van der Waals surface area contributed by atoms with Gasteiger partial charge in [0.05, 0.1) is 19.6 Å². The van der Waals surface area contributed by atoms with Crippen molar-refractivity contribution in [2.24, 2.45) is 5.92 Å². The molecular formula is C37H53N2O4+. The van der Waals surface area contributed by atoms with Crippen molar-refractivity contribution in [2.45, 2.75) is 95.6 Å². The number of methoxy groups -OCH3 is 1. The summed E-state index contributed by atoms with van der Waals surface area (Å²) in [5, 5.41) is 3.42. The topological polar surface area (TPSA) is 64.6 Å². The van der Waals surface area contributed by atoms with Crippen LogP contribution in [0.2, 0.25) is 0 Å². The third-order valence-electron chi connectivity index (χ3n) is 9.85. The van der Waals surface area contributed by atoms with Crippen LogP contribution < -0.4 is 10.1 Å². The minimum Gasteiger partial charge on any atom is -0.427 e. The predicted octanol–water partition coefficient (Wildman–Crippen LogP) is 6.77. The maximum Gasteiger partial charge on any atom is 0.308 e. The lowest BCUT2D eigenvalue weighted by Gasteiger charge is -2.62. The standard InChI is InChI=1S/C37H52N2O4/c1-6-23-39(27-29(2)3)24-22-36(32-17-13-18-34(25-32)43-30(4)40)26-33(20-21-37(36,28-39)42-5)38-35(41)19-12-8-11-16-31-14-9-7-10-15-31/h6-7,9-10,13-15,17-18,25,29,33H,1,8,11-12,16,19-24,26-28H2,2-5H3/p+1/t33-,36-,37?,39+/m1/s1. The molecule has 1 N–H and O–H groups in total. The maximum atomic E-state index is 13.2. The highest BCUT2D eigenvalue weighted by molar-refractivity contribution is 5.76. The number of nitrogens with one attached hydrogen (secondary N) is 1. The molecule has 1 amide bonds. The van der Waals surface area contributed by atoms with E-state index < -0.39 is 5.60 Å². The molecule has 0 aromatic heterocycles. The number of hydrogen-bond acceptors (Lipinski definition) is 4. The molecule has 2 aromatic carbocycles. The van der Waals surface area contributed by atoms with Gasteiger partial charge in [-0.25, -0.2) is 0 Å². The normalized spacial score (nSPS) is 26.9. The van der Waals surface area contributed by atoms with Crippen LogP contribution in [-0.2, 0) is 26.2 Å². The van der Waals surface area contributed by atoms with Crippen LogP contribution in [0.4, 0.5) is 0 Å². The smallest absolute Gasteiger partial charge is 0.308 e. The van der Waals surface area contributed by atoms with E-state index in [1.54, 1.807) is 0 Å². The number of unbranched alkanes of at least 4 members (excludes halogenated alkanes) is 2. The van der Waals surface area contributed by atoms with E-state index in [1.807, 2.05) is 31.4 Å². The van der Waals surface area contributed by atoms with Gasteiger partial charge in [-0.2, -0.15) is 0 Å². The summed E-state index contributed by atoms with van der Waals surface area (Å²) in [6.07, 6.45) is 10.2. The number of esters is 1. The number of amides is 1. The van der Waals surface area contributed by atoms with Gasteiger partial charge in [-0.1, -0.05) is 69.3 Å². The van der Waals surface area contributed by atoms with Crippen molar-refractivity contribution in [3.8, 4) is 5.75 Å². The number of fused-ring (bicyclic) bond motifs is 1. The highest BCUT2D eigenvalue weighted by Crippen LogP contribution is 2.55. The fraction of sp³-hybridized carbons (Fsp3) is 0.568. The Morgan fingerprint density at radius 1 is 1.09 bits per heavy atom. The van der Waals surface area contributed by atoms with Crippen LogP contribution in [0.3, 0.4) is 0 Å². The van der Waals surface area contributed by atoms with Gasteiger partial charge in [0.15, 0.2) is 0 Å². The maximum absolute atomic E-state index is 13.2. The van der Waals surface area contributed by atoms with Gasteiger partial charge in [0.1, 0.15) is 17.9 Å². The van der Waals surface area contributed by atoms with E-state index in [1.165, 1.54) is 12.5 Å². The van der Waals surface area contributed by atoms with Crippen molar-refractivity contribution >= 4 is 11.9 Å². The fourth-order valence-corrected chi connectivity index (χ4v) is 8.17. The number of ether oxygens (including phenoxy) is 2. The first kappa shape index (κ1) is 32.9. The van der Waals surface area contributed by atoms with E-state index >= 15 is 0 Å². The Labute approximate surface area is 259 Å². The van der Waals surface area contributed by atoms with E-state index in [4.69, 9.17) is 9.47 Å². The number of likely N-dealkylation sites (tertiary alicyclic amines) is 1. The van der Waals surface area contributed by atoms with Crippen molar-refractivity contribution in [2.75, 3.05) is 33.3 Å². The number of aryl methyl sites for hydroxylation is 1. The Morgan fingerprint density at radius 3 is 2.58 bits per heavy atom. The van der Waals surface area contributed by atoms with Gasteiger partial charge >= 0.3 is 5.97 Å². The summed E-state index contributed by atoms with van der Waals surface area (Å²) >= 11 is 0. The van der Waals surface area contributed by atoms with Crippen LogP contribution in [0.5, 0.6) is 5.75 Å². The first-order valence-electron chi connectivity index (χ1n) is 16.3. The fourth-order valence-electron chi connectivity index (χ4n) is 8.17. The Kier molecular flexibility index (Phi) is 11.2. The molecule has 6 heteroatoms. The summed E-state index contributed by atoms with van der Waals surface area (Å²) in [5.74, 6) is 0.931. The lowest BCUT2D eigenvalue weighted by atomic mass is 9.54. The zero-order valence-electron chi connectivity index (χ0n) is 26.9. The number of hydrogen-bond donors (Lipinski definition) is 1. The summed E-state index contributed by atoms with van der Waals surface area (Å²) in [6, 6.07) is 18.6. The predicted molar refractivity (Wildman–Crippen MR) is 173 cm³/mol. The van der Waals surface area contributed by atoms with Gasteiger partial charge in [-0.15, -0.1) is 0 Å². The number of benzene rings is 2. The van der Waals surface area contributed by atoms with Gasteiger partial charge < -0.3 is 19.3 Å². The molecule has 0 radical (unpaired) electrons. The Bertz CT molecular complexity index is 1230. The first-order valence-corrected chi connectivity index (χ1v) is 16.3. The molecule has 1 aliphatic heterocycles. The van der Waals surface area contributed by atoms with E-state index in [0.29, 0.717) is 18.1 Å². The molecule has 43 heavy (non-hydrogen) atoms. The molecule has 2 aromatic rings. The monoisotopic (exact) mass is 589 g/mol. The molecular weight excluding hydrogens is 536 g/mol. The summed E-state index contributed by atoms with van der Waals surface area (Å²) in [4.78, 5) is 25.0. The molecule has 2 fully saturated rings. The molecule has 1 unspecified atom stereocenters. The average molecular weight is 590 g/mol. The van der Waals surface area contributed by atoms with Gasteiger partial charge in [0.2, 0.25) is 5.91 Å². The molecule has 6 nitrogen and oxygen atoms in total. The van der Waals surface area contributed by atoms with Crippen molar-refractivity contribution in [3.05, 3.63) is 78.4 Å². The molecule has 1 saturated carbocycles. The molecule has 0 spiro atoms. The van der Waals surface area contributed by atoms with Crippen LogP contribution >= 0.6 is 0 Å². The molecule has 1 aliphatic carbocycles. The van der Waals surface area contributed by atoms with E-state index in [0.717, 1.165) is 87.6 Å². The van der Waals surface area contributed by atoms with Gasteiger partial charge in [-0.05, 0) is 67.9 Å². The van der Waals surface area contributed by atoms with Crippen LogP contribution in [0.1, 0.15) is 83.3 Å². The number of piperidine rings is 1. The van der Waals surface area contributed by atoms with Crippen LogP contribution in [0, 0.1) is 5.92 Å². The minimum absolute atomic E-state index is 0.0713. The zero-order chi connectivity index (χ0) is 30.9. The van der Waals surface area contributed by atoms with Crippen molar-refractivity contribution in [1.82, 2.24) is 5.32 Å². The number of carbonyl (C=O) groups is 2. The molecule has 1 saturated heterocycles. The average Bonchev–Trinajstić information content (AvgIpc) is 2.97. The lowest BCUT2D eigenvalue weighted by Crippen LogP contribution is -2.73. The number of carbonyl (C=O) groups excluding carboxylic acids is 2. The van der Waals surface area contributed by atoms with E-state index in [9.17, 15) is 9.59 Å². The van der Waals surface area contributed by atoms with Gasteiger partial charge in [0, 0.05) is 44.2 Å². The SMILES string of the molecule is C=CC[N@@+]1(CC(C)C)CC[C@]2(c3cccc(OC(C)=O)c3)C[C@H](NC(=O)CCCCCc3ccccc3)CCC2(OC)C1. The van der Waals surface area contributed by atoms with Crippen LogP contribution in [0.15, 0.2) is 67.3 Å². The Hall–Kier alpha value is -2.96. The third-order valence-corrected chi connectivity index (χ3v) is 9.85. The third kappa shape index (κ3) is 7.96. The number of quaternary nitrogens is 1. The highest BCUT2D eigenvalue weighted by Gasteiger charge is 2.63. The quantitative estimate of drug-likeness (QED) is 0.0869. The summed E-state index contributed by atoms with van der Waals surface area (Å²) in [5.41, 5.74) is 1.77. The second-order valence-electron chi connectivity index (χ2n) is 13.5. The van der Waals surface area contributed by atoms with E-state index in [2.05, 4.69) is 62.2 Å². The van der Waals surface area contributed by atoms with Crippen LogP contribution in [-0.4, -0.2) is 61.3 Å². The largest absolute Gasteiger partial charge is 0.427 e. The molecule has 4 atom stereocenters. The number of rotatable bonds is 14. The van der Waals surface area contributed by atoms with Crippen molar-refractivity contribution in [1.29, 1.82) is 0 Å². The highest BCUT2D eigenvalue weighted by atomic mass is 16.5. The molecule has 4 rings (SSSR count). The van der Waals surface area contributed by atoms with Crippen LogP contribution in [0.25, 0.3) is 0 Å². The summed E-state index contributed by atoms with van der Waals surface area (Å²) < 4.78 is 13.2. The first-order chi connectivity index (χ1) is 20.6. The Balaban J connectivity index is 1.52. The summed E-state index contributed by atoms with van der Waals surface area (Å²) in [6.45, 7) is 14.0. The second kappa shape index (κ2) is 14.7. The zero-order valence-corrected chi connectivity index (χ0v) is 26.9. The molecule has 2 aliphatic rings. The van der Waals surface area contributed by atoms with E-state index in [-0.39, 0.29) is 23.3 Å². The van der Waals surface area contributed by atoms with Gasteiger partial charge in [0.25, 0.3) is 0 Å². The summed E-state index contributed by atoms with van der Waals surface area (Å²) in [7, 11) is 1.86. The second-order valence-corrected chi connectivity index (χ2v) is 13.5. The van der Waals surface area contributed by atoms with Gasteiger partial charge in [-0.3, -0.25) is 9.59 Å². The molecule has 234 valence electrons. The Morgan fingerprint density at radius 2 is 1.88 bits per heavy atom. The number of nitrogens with zero attached hydrogens (tertiary/aromatic N) is 1. The minimum atomic E-state index is -0.406. The molecule has 0 bridgehead atoms. The lowest BCUT2D eigenvalue weighted by molar-refractivity contribution is -0.938. The molecule has 1 heterocycles. The van der Waals surface area contributed by atoms with Crippen molar-refractivity contribution < 1.29 is 23.5 Å².